The van der Waals surface area contributed by atoms with Crippen LogP contribution in [-0.4, -0.2) is 99.1 Å². The number of rotatable bonds is 16. The van der Waals surface area contributed by atoms with Gasteiger partial charge in [-0.1, -0.05) is 41.4 Å². The molecule has 1 saturated heterocycles. The molecule has 0 radical (unpaired) electrons. The third-order valence-corrected chi connectivity index (χ3v) is 9.94. The summed E-state index contributed by atoms with van der Waals surface area (Å²) < 4.78 is 24.3. The number of carbonyl (C=O) groups is 1. The Morgan fingerprint density at radius 1 is 0.980 bits per heavy atom. The van der Waals surface area contributed by atoms with Gasteiger partial charge in [0.1, 0.15) is 0 Å². The second-order valence-corrected chi connectivity index (χ2v) is 13.1. The fraction of sp³-hybridized carbons (Fsp3) is 0.459. The van der Waals surface area contributed by atoms with Crippen LogP contribution in [0.5, 0.6) is 17.2 Å². The van der Waals surface area contributed by atoms with Crippen LogP contribution in [0.1, 0.15) is 48.0 Å². The van der Waals surface area contributed by atoms with E-state index in [9.17, 15) is 4.79 Å². The lowest BCUT2D eigenvalue weighted by Gasteiger charge is -2.34. The summed E-state index contributed by atoms with van der Waals surface area (Å²) in [6.07, 6.45) is 2.85. The fourth-order valence-corrected chi connectivity index (χ4v) is 6.81. The first kappa shape index (κ1) is 36.6. The van der Waals surface area contributed by atoms with Gasteiger partial charge in [-0.05, 0) is 74.7 Å². The summed E-state index contributed by atoms with van der Waals surface area (Å²) in [7, 11) is 6.43. The first-order chi connectivity index (χ1) is 23.8. The average molecular weight is 713 g/mol. The largest absolute Gasteiger partial charge is 0.493 e. The van der Waals surface area contributed by atoms with Crippen LogP contribution in [0, 0.1) is 0 Å². The fourth-order valence-electron chi connectivity index (χ4n) is 6.50. The normalized spacial score (nSPS) is 14.5. The second kappa shape index (κ2) is 17.3. The van der Waals surface area contributed by atoms with Gasteiger partial charge < -0.3 is 38.6 Å². The molecule has 1 aliphatic rings. The van der Waals surface area contributed by atoms with E-state index in [1.807, 2.05) is 38.2 Å². The molecule has 2 heterocycles. The van der Waals surface area contributed by atoms with Gasteiger partial charge in [-0.2, -0.15) is 0 Å². The van der Waals surface area contributed by atoms with Gasteiger partial charge in [-0.15, -0.1) is 0 Å². The van der Waals surface area contributed by atoms with Crippen molar-refractivity contribution in [2.24, 2.45) is 0 Å². The van der Waals surface area contributed by atoms with Crippen LogP contribution in [0.3, 0.4) is 0 Å². The number of methoxy groups -OCH3 is 3. The van der Waals surface area contributed by atoms with Crippen molar-refractivity contribution >= 4 is 46.1 Å². The maximum absolute atomic E-state index is 13.7. The first-order valence-electron chi connectivity index (χ1n) is 16.8. The molecular formula is C37H47Cl2N5O5. The van der Waals surface area contributed by atoms with Crippen molar-refractivity contribution in [3.63, 3.8) is 0 Å². The van der Waals surface area contributed by atoms with Crippen LogP contribution in [0.4, 0.5) is 5.95 Å². The number of fused-ring (bicyclic) bond motifs is 1. The minimum Gasteiger partial charge on any atom is -0.493 e. The molecule has 4 aromatic rings. The number of ether oxygens (including phenoxy) is 4. The van der Waals surface area contributed by atoms with Gasteiger partial charge in [0.05, 0.1) is 49.0 Å². The highest BCUT2D eigenvalue weighted by Gasteiger charge is 2.26. The van der Waals surface area contributed by atoms with Crippen molar-refractivity contribution in [2.75, 3.05) is 73.1 Å². The Morgan fingerprint density at radius 3 is 2.35 bits per heavy atom. The molecule has 0 saturated carbocycles. The topological polar surface area (TPSA) is 90.3 Å². The summed E-state index contributed by atoms with van der Waals surface area (Å²) in [6, 6.07) is 17.7. The number of carbonyl (C=O) groups excluding carboxylic acids is 1. The molecule has 0 aliphatic carbocycles. The monoisotopic (exact) mass is 711 g/mol. The number of para-hydroxylation sites is 2. The number of nitrogens with one attached hydrogen (secondary N) is 1. The van der Waals surface area contributed by atoms with Crippen molar-refractivity contribution in [3.8, 4) is 17.2 Å². The Bertz CT molecular complexity index is 1680. The standard InChI is InChI=1S/C37H47Cl2N5O5/c1-6-49-20-19-44-32-10-8-7-9-31(32)41-37(44)40-28-14-17-43(18-15-28)16-13-26(25-11-12-29(38)30(39)21-25)24-42(2)36(45)27-22-33(46-3)35(48-5)34(23-27)47-4/h7-12,21-23,26,28H,6,13-20,24H2,1-5H3,(H,40,41). The number of hydrogen-bond acceptors (Lipinski definition) is 8. The average Bonchev–Trinajstić information content (AvgIpc) is 3.47. The molecule has 3 aromatic carbocycles. The summed E-state index contributed by atoms with van der Waals surface area (Å²) in [5, 5.41) is 4.75. The number of likely N-dealkylation sites (tertiary alicyclic amines) is 1. The zero-order valence-electron chi connectivity index (χ0n) is 29.0. The van der Waals surface area contributed by atoms with Gasteiger partial charge >= 0.3 is 0 Å². The minimum atomic E-state index is -0.150. The zero-order chi connectivity index (χ0) is 34.9. The molecule has 0 bridgehead atoms. The molecule has 1 aromatic heterocycles. The molecular weight excluding hydrogens is 665 g/mol. The van der Waals surface area contributed by atoms with E-state index >= 15 is 0 Å². The number of amides is 1. The summed E-state index contributed by atoms with van der Waals surface area (Å²) in [6.45, 7) is 7.41. The predicted molar refractivity (Wildman–Crippen MR) is 196 cm³/mol. The van der Waals surface area contributed by atoms with Gasteiger partial charge in [0.25, 0.3) is 5.91 Å². The molecule has 1 fully saturated rings. The smallest absolute Gasteiger partial charge is 0.253 e. The summed E-state index contributed by atoms with van der Waals surface area (Å²) >= 11 is 12.8. The number of imidazole rings is 1. The Balaban J connectivity index is 1.24. The Morgan fingerprint density at radius 2 is 1.69 bits per heavy atom. The van der Waals surface area contributed by atoms with Crippen LogP contribution < -0.4 is 19.5 Å². The summed E-state index contributed by atoms with van der Waals surface area (Å²) in [5.41, 5.74) is 3.59. The van der Waals surface area contributed by atoms with E-state index in [0.717, 1.165) is 68.0 Å². The maximum atomic E-state index is 13.7. The van der Waals surface area contributed by atoms with E-state index in [1.54, 1.807) is 17.0 Å². The molecule has 1 aliphatic heterocycles. The molecule has 1 unspecified atom stereocenters. The van der Waals surface area contributed by atoms with Crippen LogP contribution in [0.25, 0.3) is 11.0 Å². The summed E-state index contributed by atoms with van der Waals surface area (Å²) in [4.78, 5) is 22.9. The molecule has 12 heteroatoms. The third-order valence-electron chi connectivity index (χ3n) is 9.20. The Labute approximate surface area is 299 Å². The van der Waals surface area contributed by atoms with E-state index in [2.05, 4.69) is 33.0 Å². The number of piperidine rings is 1. The van der Waals surface area contributed by atoms with Crippen LogP contribution in [0.15, 0.2) is 54.6 Å². The van der Waals surface area contributed by atoms with Gasteiger partial charge in [-0.3, -0.25) is 4.79 Å². The zero-order valence-corrected chi connectivity index (χ0v) is 30.5. The van der Waals surface area contributed by atoms with Gasteiger partial charge in [0.2, 0.25) is 11.7 Å². The van der Waals surface area contributed by atoms with Gasteiger partial charge in [0.15, 0.2) is 11.5 Å². The number of aromatic nitrogens is 2. The highest BCUT2D eigenvalue weighted by molar-refractivity contribution is 6.42. The van der Waals surface area contributed by atoms with Crippen LogP contribution >= 0.6 is 23.2 Å². The number of benzene rings is 3. The maximum Gasteiger partial charge on any atom is 0.253 e. The van der Waals surface area contributed by atoms with Crippen molar-refractivity contribution in [1.29, 1.82) is 0 Å². The lowest BCUT2D eigenvalue weighted by atomic mass is 9.94. The lowest BCUT2D eigenvalue weighted by Crippen LogP contribution is -2.40. The molecule has 49 heavy (non-hydrogen) atoms. The Kier molecular flexibility index (Phi) is 12.9. The van der Waals surface area contributed by atoms with E-state index in [-0.39, 0.29) is 11.8 Å². The van der Waals surface area contributed by atoms with E-state index in [1.165, 1.54) is 21.3 Å². The van der Waals surface area contributed by atoms with Gasteiger partial charge in [-0.25, -0.2) is 4.98 Å². The van der Waals surface area contributed by atoms with Crippen molar-refractivity contribution in [1.82, 2.24) is 19.4 Å². The van der Waals surface area contributed by atoms with E-state index < -0.39 is 0 Å². The van der Waals surface area contributed by atoms with Crippen molar-refractivity contribution < 1.29 is 23.7 Å². The van der Waals surface area contributed by atoms with Crippen molar-refractivity contribution in [3.05, 3.63) is 75.8 Å². The predicted octanol–water partition coefficient (Wildman–Crippen LogP) is 7.23. The number of anilines is 1. The molecule has 1 amide bonds. The highest BCUT2D eigenvalue weighted by Crippen LogP contribution is 2.39. The second-order valence-electron chi connectivity index (χ2n) is 12.3. The van der Waals surface area contributed by atoms with Crippen molar-refractivity contribution in [2.45, 2.75) is 44.7 Å². The van der Waals surface area contributed by atoms with E-state index in [0.29, 0.717) is 58.7 Å². The quantitative estimate of drug-likeness (QED) is 0.122. The number of halogens is 2. The molecule has 264 valence electrons. The number of nitrogens with zero attached hydrogens (tertiary/aromatic N) is 4. The Hall–Kier alpha value is -3.70. The van der Waals surface area contributed by atoms with Crippen LogP contribution in [-0.2, 0) is 11.3 Å². The van der Waals surface area contributed by atoms with E-state index in [4.69, 9.17) is 47.1 Å². The SMILES string of the molecule is CCOCCn1c(NC2CCN(CCC(CN(C)C(=O)c3cc(OC)c(OC)c(OC)c3)c3ccc(Cl)c(Cl)c3)CC2)nc2ccccc21. The molecule has 1 atom stereocenters. The molecule has 10 nitrogen and oxygen atoms in total. The molecule has 5 rings (SSSR count). The highest BCUT2D eigenvalue weighted by atomic mass is 35.5. The first-order valence-corrected chi connectivity index (χ1v) is 17.5. The lowest BCUT2D eigenvalue weighted by molar-refractivity contribution is 0.0781. The summed E-state index contributed by atoms with van der Waals surface area (Å²) in [5.74, 6) is 2.09. The minimum absolute atomic E-state index is 0.0341. The number of hydrogen-bond donors (Lipinski definition) is 1. The van der Waals surface area contributed by atoms with Crippen LogP contribution in [0.2, 0.25) is 10.0 Å². The molecule has 0 spiro atoms. The van der Waals surface area contributed by atoms with Gasteiger partial charge in [0, 0.05) is 57.4 Å². The molecule has 1 N–H and O–H groups in total. The third kappa shape index (κ3) is 8.91. The number of likely N-dealkylation sites (N-methyl/N-ethyl adjacent to an activating group) is 1.